The molecule has 0 spiro atoms. The average Bonchev–Trinajstić information content (AvgIpc) is 3.46. The summed E-state index contributed by atoms with van der Waals surface area (Å²) in [5.41, 5.74) is 4.91. The molecule has 172 valence electrons. The van der Waals surface area contributed by atoms with Gasteiger partial charge in [-0.15, -0.1) is 11.3 Å². The van der Waals surface area contributed by atoms with Gasteiger partial charge in [-0.3, -0.25) is 9.59 Å². The Morgan fingerprint density at radius 3 is 2.79 bits per heavy atom. The highest BCUT2D eigenvalue weighted by atomic mass is 32.2. The second-order valence-corrected chi connectivity index (χ2v) is 10.3. The normalized spacial score (nSPS) is 12.6. The number of nitrogens with zero attached hydrogens (tertiary/aromatic N) is 2. The van der Waals surface area contributed by atoms with Gasteiger partial charge in [0.1, 0.15) is 5.75 Å². The van der Waals surface area contributed by atoms with Crippen molar-refractivity contribution < 1.29 is 14.3 Å². The highest BCUT2D eigenvalue weighted by Gasteiger charge is 2.24. The number of anilines is 2. The number of aromatic nitrogens is 1. The summed E-state index contributed by atoms with van der Waals surface area (Å²) in [6.07, 6.45) is 0.901. The fourth-order valence-corrected chi connectivity index (χ4v) is 5.81. The molecule has 1 N–H and O–H groups in total. The van der Waals surface area contributed by atoms with E-state index in [4.69, 9.17) is 4.74 Å². The molecule has 0 saturated heterocycles. The Hall–Kier alpha value is -3.36. The number of para-hydroxylation sites is 1. The van der Waals surface area contributed by atoms with Crippen LogP contribution >= 0.6 is 23.1 Å². The van der Waals surface area contributed by atoms with E-state index in [9.17, 15) is 9.59 Å². The minimum Gasteiger partial charge on any atom is -0.484 e. The van der Waals surface area contributed by atoms with E-state index in [0.717, 1.165) is 38.8 Å². The molecule has 8 heteroatoms. The van der Waals surface area contributed by atoms with E-state index in [-0.39, 0.29) is 18.4 Å². The number of thiazole rings is 1. The predicted molar refractivity (Wildman–Crippen MR) is 138 cm³/mol. The summed E-state index contributed by atoms with van der Waals surface area (Å²) in [4.78, 5) is 31.6. The summed E-state index contributed by atoms with van der Waals surface area (Å²) < 4.78 is 7.34. The van der Waals surface area contributed by atoms with Gasteiger partial charge in [-0.2, -0.15) is 0 Å². The van der Waals surface area contributed by atoms with Gasteiger partial charge in [0.2, 0.25) is 5.91 Å². The van der Waals surface area contributed by atoms with Crippen LogP contribution in [-0.2, 0) is 16.0 Å². The molecular weight excluding hydrogens is 466 g/mol. The average molecular weight is 490 g/mol. The fourth-order valence-electron chi connectivity index (χ4n) is 3.82. The lowest BCUT2D eigenvalue weighted by molar-refractivity contribution is -0.118. The van der Waals surface area contributed by atoms with Crippen molar-refractivity contribution >= 4 is 56.5 Å². The van der Waals surface area contributed by atoms with Crippen molar-refractivity contribution in [3.63, 3.8) is 0 Å². The number of carbonyl (C=O) groups excluding carboxylic acids is 2. The second kappa shape index (κ2) is 9.87. The summed E-state index contributed by atoms with van der Waals surface area (Å²) in [5, 5.41) is 2.87. The third-order valence-electron chi connectivity index (χ3n) is 5.55. The SMILES string of the molecule is Cc1ccc(OCC(=O)Nc2ccc3nc(SCC(=O)N4CCc5ccccc54)sc3c2)cc1. The first kappa shape index (κ1) is 22.4. The van der Waals surface area contributed by atoms with Crippen molar-refractivity contribution in [2.24, 2.45) is 0 Å². The maximum absolute atomic E-state index is 12.8. The zero-order chi connectivity index (χ0) is 23.5. The Labute approximate surface area is 206 Å². The van der Waals surface area contributed by atoms with Gasteiger partial charge in [0.05, 0.1) is 16.0 Å². The zero-order valence-electron chi connectivity index (χ0n) is 18.6. The smallest absolute Gasteiger partial charge is 0.262 e. The van der Waals surface area contributed by atoms with Crippen LogP contribution < -0.4 is 15.0 Å². The molecule has 6 nitrogen and oxygen atoms in total. The van der Waals surface area contributed by atoms with Crippen molar-refractivity contribution in [2.75, 3.05) is 29.1 Å². The highest BCUT2D eigenvalue weighted by Crippen LogP contribution is 2.33. The van der Waals surface area contributed by atoms with Crippen molar-refractivity contribution in [3.05, 3.63) is 77.9 Å². The third kappa shape index (κ3) is 5.08. The second-order valence-electron chi connectivity index (χ2n) is 8.02. The van der Waals surface area contributed by atoms with Gasteiger partial charge in [0.25, 0.3) is 5.91 Å². The van der Waals surface area contributed by atoms with Crippen LogP contribution in [-0.4, -0.2) is 35.7 Å². The lowest BCUT2D eigenvalue weighted by Gasteiger charge is -2.16. The molecular formula is C26H23N3O3S2. The van der Waals surface area contributed by atoms with E-state index in [2.05, 4.69) is 16.4 Å². The van der Waals surface area contributed by atoms with Gasteiger partial charge in [-0.1, -0.05) is 47.7 Å². The molecule has 0 saturated carbocycles. The Bertz CT molecular complexity index is 1350. The Balaban J connectivity index is 1.17. The molecule has 5 rings (SSSR count). The zero-order valence-corrected chi connectivity index (χ0v) is 20.2. The van der Waals surface area contributed by atoms with Gasteiger partial charge in [0.15, 0.2) is 10.9 Å². The molecule has 0 fully saturated rings. The van der Waals surface area contributed by atoms with Crippen LogP contribution in [0.4, 0.5) is 11.4 Å². The molecule has 2 heterocycles. The fraction of sp³-hybridized carbons (Fsp3) is 0.192. The number of rotatable bonds is 7. The first-order valence-electron chi connectivity index (χ1n) is 11.0. The molecule has 4 aromatic rings. The Kier molecular flexibility index (Phi) is 6.51. The number of aryl methyl sites for hydroxylation is 1. The molecule has 0 atom stereocenters. The monoisotopic (exact) mass is 489 g/mol. The maximum Gasteiger partial charge on any atom is 0.262 e. The standard InChI is InChI=1S/C26H23N3O3S2/c1-17-6-9-20(10-7-17)32-15-24(30)27-19-8-11-21-23(14-19)34-26(28-21)33-16-25(31)29-13-12-18-4-2-3-5-22(18)29/h2-11,14H,12-13,15-16H2,1H3,(H,27,30). The van der Waals surface area contributed by atoms with Crippen molar-refractivity contribution in [2.45, 2.75) is 17.7 Å². The van der Waals surface area contributed by atoms with Crippen LogP contribution in [0.15, 0.2) is 71.1 Å². The number of fused-ring (bicyclic) bond motifs is 2. The van der Waals surface area contributed by atoms with E-state index in [1.165, 1.54) is 28.7 Å². The topological polar surface area (TPSA) is 71.5 Å². The van der Waals surface area contributed by atoms with Crippen LogP contribution in [0.25, 0.3) is 10.2 Å². The first-order valence-corrected chi connectivity index (χ1v) is 12.8. The van der Waals surface area contributed by atoms with Gasteiger partial charge >= 0.3 is 0 Å². The van der Waals surface area contributed by atoms with E-state index in [1.54, 1.807) is 0 Å². The molecule has 3 aromatic carbocycles. The highest BCUT2D eigenvalue weighted by molar-refractivity contribution is 8.01. The third-order valence-corrected chi connectivity index (χ3v) is 7.70. The number of amides is 2. The summed E-state index contributed by atoms with van der Waals surface area (Å²) in [6, 6.07) is 21.2. The number of carbonyl (C=O) groups is 2. The number of benzene rings is 3. The number of ether oxygens (including phenoxy) is 1. The molecule has 0 radical (unpaired) electrons. The Morgan fingerprint density at radius 1 is 1.12 bits per heavy atom. The van der Waals surface area contributed by atoms with Crippen molar-refractivity contribution in [1.29, 1.82) is 0 Å². The van der Waals surface area contributed by atoms with Crippen LogP contribution in [0.5, 0.6) is 5.75 Å². The van der Waals surface area contributed by atoms with E-state index in [0.29, 0.717) is 17.2 Å². The van der Waals surface area contributed by atoms with Crippen LogP contribution in [0, 0.1) is 6.92 Å². The summed E-state index contributed by atoms with van der Waals surface area (Å²) in [5.74, 6) is 0.868. The minimum absolute atomic E-state index is 0.0629. The maximum atomic E-state index is 12.8. The van der Waals surface area contributed by atoms with Gasteiger partial charge in [-0.05, 0) is 55.3 Å². The van der Waals surface area contributed by atoms with Crippen molar-refractivity contribution in [3.8, 4) is 5.75 Å². The molecule has 1 aromatic heterocycles. The molecule has 0 bridgehead atoms. The Morgan fingerprint density at radius 2 is 1.94 bits per heavy atom. The van der Waals surface area contributed by atoms with Crippen LogP contribution in [0.3, 0.4) is 0 Å². The largest absolute Gasteiger partial charge is 0.484 e. The molecule has 1 aliphatic heterocycles. The summed E-state index contributed by atoms with van der Waals surface area (Å²) in [7, 11) is 0. The van der Waals surface area contributed by atoms with E-state index >= 15 is 0 Å². The lowest BCUT2D eigenvalue weighted by atomic mass is 10.2. The molecule has 2 amide bonds. The number of nitrogens with one attached hydrogen (secondary N) is 1. The predicted octanol–water partition coefficient (Wildman–Crippen LogP) is 5.30. The number of hydrogen-bond acceptors (Lipinski definition) is 6. The van der Waals surface area contributed by atoms with Gasteiger partial charge in [0, 0.05) is 17.9 Å². The van der Waals surface area contributed by atoms with Gasteiger partial charge < -0.3 is 15.0 Å². The minimum atomic E-state index is -0.226. The molecule has 0 aliphatic carbocycles. The van der Waals surface area contributed by atoms with Crippen LogP contribution in [0.2, 0.25) is 0 Å². The van der Waals surface area contributed by atoms with Crippen LogP contribution in [0.1, 0.15) is 11.1 Å². The quantitative estimate of drug-likeness (QED) is 0.357. The molecule has 1 aliphatic rings. The summed E-state index contributed by atoms with van der Waals surface area (Å²) >= 11 is 2.97. The molecule has 34 heavy (non-hydrogen) atoms. The first-order chi connectivity index (χ1) is 16.5. The van der Waals surface area contributed by atoms with Gasteiger partial charge in [-0.25, -0.2) is 4.98 Å². The number of thioether (sulfide) groups is 1. The van der Waals surface area contributed by atoms with E-state index < -0.39 is 0 Å². The number of hydrogen-bond donors (Lipinski definition) is 1. The summed E-state index contributed by atoms with van der Waals surface area (Å²) in [6.45, 7) is 2.67. The van der Waals surface area contributed by atoms with Crippen molar-refractivity contribution in [1.82, 2.24) is 4.98 Å². The van der Waals surface area contributed by atoms with E-state index in [1.807, 2.05) is 72.5 Å². The lowest BCUT2D eigenvalue weighted by Crippen LogP contribution is -2.30. The molecule has 0 unspecified atom stereocenters.